The zero-order valence-corrected chi connectivity index (χ0v) is 9.95. The fourth-order valence-electron chi connectivity index (χ4n) is 2.77. The maximum absolute atomic E-state index is 12.2. The molecule has 0 aliphatic carbocycles. The molecule has 2 aliphatic heterocycles. The van der Waals surface area contributed by atoms with Crippen LogP contribution in [0.4, 0.5) is 0 Å². The summed E-state index contributed by atoms with van der Waals surface area (Å²) < 4.78 is 0. The molecule has 0 aromatic carbocycles. The standard InChI is InChI=1S/C13H15NOS/c15-13(9-12-5-2-8-16-12)14-10-3-1-4-11(14)7-6-10/h1-3,5,8,10-11H,4,6-7,9H2. The third-order valence-electron chi connectivity index (χ3n) is 3.51. The number of rotatable bonds is 2. The van der Waals surface area contributed by atoms with Gasteiger partial charge in [0, 0.05) is 10.9 Å². The summed E-state index contributed by atoms with van der Waals surface area (Å²) in [6.07, 6.45) is 8.39. The molecule has 2 atom stereocenters. The van der Waals surface area contributed by atoms with E-state index in [2.05, 4.69) is 17.1 Å². The number of thiophene rings is 1. The van der Waals surface area contributed by atoms with Crippen LogP contribution in [0.5, 0.6) is 0 Å². The summed E-state index contributed by atoms with van der Waals surface area (Å²) >= 11 is 1.67. The van der Waals surface area contributed by atoms with Gasteiger partial charge in [-0.2, -0.15) is 0 Å². The van der Waals surface area contributed by atoms with Gasteiger partial charge >= 0.3 is 0 Å². The molecule has 0 saturated carbocycles. The van der Waals surface area contributed by atoms with E-state index in [-0.39, 0.29) is 0 Å². The second-order valence-corrected chi connectivity index (χ2v) is 5.55. The minimum Gasteiger partial charge on any atom is -0.333 e. The monoisotopic (exact) mass is 233 g/mol. The van der Waals surface area contributed by atoms with E-state index in [0.717, 1.165) is 12.8 Å². The fraction of sp³-hybridized carbons (Fsp3) is 0.462. The molecule has 84 valence electrons. The number of carbonyl (C=O) groups excluding carboxylic acids is 1. The van der Waals surface area contributed by atoms with Crippen LogP contribution >= 0.6 is 11.3 Å². The Balaban J connectivity index is 1.74. The molecule has 1 aromatic heterocycles. The second kappa shape index (κ2) is 4.06. The Bertz CT molecular complexity index is 410. The number of hydrogen-bond acceptors (Lipinski definition) is 2. The molecule has 0 N–H and O–H groups in total. The van der Waals surface area contributed by atoms with Crippen molar-refractivity contribution in [2.24, 2.45) is 0 Å². The Labute approximate surface area is 99.6 Å². The Kier molecular flexibility index (Phi) is 2.56. The summed E-state index contributed by atoms with van der Waals surface area (Å²) in [5.74, 6) is 0.305. The Morgan fingerprint density at radius 3 is 3.19 bits per heavy atom. The van der Waals surface area contributed by atoms with E-state index >= 15 is 0 Å². The first-order chi connectivity index (χ1) is 7.84. The number of amides is 1. The van der Waals surface area contributed by atoms with Gasteiger partial charge in [0.05, 0.1) is 12.5 Å². The van der Waals surface area contributed by atoms with Crippen molar-refractivity contribution in [1.82, 2.24) is 4.90 Å². The van der Waals surface area contributed by atoms with Gasteiger partial charge in [0.25, 0.3) is 0 Å². The molecular weight excluding hydrogens is 218 g/mol. The van der Waals surface area contributed by atoms with E-state index < -0.39 is 0 Å². The van der Waals surface area contributed by atoms with Crippen molar-refractivity contribution in [3.8, 4) is 0 Å². The normalized spacial score (nSPS) is 27.4. The van der Waals surface area contributed by atoms with Crippen LogP contribution in [0.2, 0.25) is 0 Å². The number of nitrogens with zero attached hydrogens (tertiary/aromatic N) is 1. The molecule has 2 bridgehead atoms. The van der Waals surface area contributed by atoms with Crippen LogP contribution in [0.1, 0.15) is 24.1 Å². The number of fused-ring (bicyclic) bond motifs is 2. The van der Waals surface area contributed by atoms with Gasteiger partial charge in [-0.15, -0.1) is 11.3 Å². The quantitative estimate of drug-likeness (QED) is 0.719. The summed E-state index contributed by atoms with van der Waals surface area (Å²) in [7, 11) is 0. The molecule has 0 radical (unpaired) electrons. The first-order valence-corrected chi connectivity index (χ1v) is 6.73. The van der Waals surface area contributed by atoms with Crippen molar-refractivity contribution in [3.63, 3.8) is 0 Å². The molecular formula is C13H15NOS. The lowest BCUT2D eigenvalue weighted by atomic mass is 10.1. The van der Waals surface area contributed by atoms with Crippen molar-refractivity contribution < 1.29 is 4.79 Å². The van der Waals surface area contributed by atoms with E-state index in [0.29, 0.717) is 24.4 Å². The minimum absolute atomic E-state index is 0.305. The van der Waals surface area contributed by atoms with Crippen LogP contribution < -0.4 is 0 Å². The van der Waals surface area contributed by atoms with E-state index in [1.165, 1.54) is 11.3 Å². The molecule has 1 aromatic rings. The molecule has 2 unspecified atom stereocenters. The van der Waals surface area contributed by atoms with E-state index in [9.17, 15) is 4.79 Å². The second-order valence-electron chi connectivity index (χ2n) is 4.52. The van der Waals surface area contributed by atoms with Crippen molar-refractivity contribution in [1.29, 1.82) is 0 Å². The average molecular weight is 233 g/mol. The van der Waals surface area contributed by atoms with Gasteiger partial charge in [-0.1, -0.05) is 18.2 Å². The summed E-state index contributed by atoms with van der Waals surface area (Å²) in [5, 5.41) is 2.04. The molecule has 1 amide bonds. The predicted octanol–water partition coefficient (Wildman–Crippen LogP) is 2.61. The summed E-state index contributed by atoms with van der Waals surface area (Å²) in [4.78, 5) is 15.5. The summed E-state index contributed by atoms with van der Waals surface area (Å²) in [6, 6.07) is 4.91. The predicted molar refractivity (Wildman–Crippen MR) is 65.4 cm³/mol. The smallest absolute Gasteiger partial charge is 0.228 e. The van der Waals surface area contributed by atoms with Gasteiger partial charge in [-0.3, -0.25) is 4.79 Å². The lowest BCUT2D eigenvalue weighted by Gasteiger charge is -2.31. The first-order valence-electron chi connectivity index (χ1n) is 5.85. The van der Waals surface area contributed by atoms with Crippen molar-refractivity contribution in [3.05, 3.63) is 34.5 Å². The topological polar surface area (TPSA) is 20.3 Å². The lowest BCUT2D eigenvalue weighted by molar-refractivity contribution is -0.132. The van der Waals surface area contributed by atoms with Crippen molar-refractivity contribution in [2.75, 3.05) is 0 Å². The zero-order chi connectivity index (χ0) is 11.0. The van der Waals surface area contributed by atoms with Gasteiger partial charge < -0.3 is 4.90 Å². The summed E-state index contributed by atoms with van der Waals surface area (Å²) in [5.41, 5.74) is 0. The Morgan fingerprint density at radius 2 is 2.44 bits per heavy atom. The van der Waals surface area contributed by atoms with E-state index in [1.807, 2.05) is 17.5 Å². The van der Waals surface area contributed by atoms with Crippen LogP contribution in [0.3, 0.4) is 0 Å². The number of hydrogen-bond donors (Lipinski definition) is 0. The SMILES string of the molecule is O=C(Cc1cccs1)N1C2C=CCC1CC2. The van der Waals surface area contributed by atoms with Gasteiger partial charge in [-0.25, -0.2) is 0 Å². The van der Waals surface area contributed by atoms with Crippen LogP contribution in [-0.2, 0) is 11.2 Å². The third-order valence-corrected chi connectivity index (χ3v) is 4.38. The Morgan fingerprint density at radius 1 is 1.50 bits per heavy atom. The van der Waals surface area contributed by atoms with Gasteiger partial charge in [0.1, 0.15) is 0 Å². The molecule has 2 nitrogen and oxygen atoms in total. The van der Waals surface area contributed by atoms with Crippen LogP contribution in [0.25, 0.3) is 0 Å². The minimum atomic E-state index is 0.305. The first kappa shape index (κ1) is 10.1. The maximum Gasteiger partial charge on any atom is 0.228 e. The Hall–Kier alpha value is -1.09. The molecule has 2 aliphatic rings. The highest BCUT2D eigenvalue weighted by atomic mass is 32.1. The molecule has 3 heteroatoms. The molecule has 0 spiro atoms. The molecule has 3 heterocycles. The van der Waals surface area contributed by atoms with Gasteiger partial charge in [-0.05, 0) is 30.7 Å². The fourth-order valence-corrected chi connectivity index (χ4v) is 3.46. The highest BCUT2D eigenvalue weighted by Gasteiger charge is 2.36. The van der Waals surface area contributed by atoms with Crippen molar-refractivity contribution in [2.45, 2.75) is 37.8 Å². The van der Waals surface area contributed by atoms with Gasteiger partial charge in [0.15, 0.2) is 0 Å². The summed E-state index contributed by atoms with van der Waals surface area (Å²) in [6.45, 7) is 0. The van der Waals surface area contributed by atoms with Crippen LogP contribution in [0.15, 0.2) is 29.7 Å². The number of carbonyl (C=O) groups is 1. The molecule has 1 fully saturated rings. The zero-order valence-electron chi connectivity index (χ0n) is 9.13. The highest BCUT2D eigenvalue weighted by Crippen LogP contribution is 2.32. The lowest BCUT2D eigenvalue weighted by Crippen LogP contribution is -2.42. The van der Waals surface area contributed by atoms with Crippen molar-refractivity contribution >= 4 is 17.2 Å². The maximum atomic E-state index is 12.2. The van der Waals surface area contributed by atoms with E-state index in [4.69, 9.17) is 0 Å². The van der Waals surface area contributed by atoms with Crippen LogP contribution in [-0.4, -0.2) is 22.9 Å². The third kappa shape index (κ3) is 1.69. The average Bonchev–Trinajstić information content (AvgIpc) is 2.86. The molecule has 1 saturated heterocycles. The molecule has 16 heavy (non-hydrogen) atoms. The molecule has 3 rings (SSSR count). The van der Waals surface area contributed by atoms with E-state index in [1.54, 1.807) is 11.3 Å². The van der Waals surface area contributed by atoms with Gasteiger partial charge in [0.2, 0.25) is 5.91 Å². The largest absolute Gasteiger partial charge is 0.333 e. The highest BCUT2D eigenvalue weighted by molar-refractivity contribution is 7.10. The van der Waals surface area contributed by atoms with Crippen LogP contribution in [0, 0.1) is 0 Å².